The Morgan fingerprint density at radius 1 is 1.13 bits per heavy atom. The molecule has 0 amide bonds. The van der Waals surface area contributed by atoms with Crippen LogP contribution in [0.1, 0.15) is 16.5 Å². The third kappa shape index (κ3) is 5.73. The Morgan fingerprint density at radius 3 is 2.55 bits per heavy atom. The number of benzene rings is 1. The Hall–Kier alpha value is -2.21. The summed E-state index contributed by atoms with van der Waals surface area (Å²) in [4.78, 5) is 10.4. The normalized spacial score (nSPS) is 14.5. The lowest BCUT2D eigenvalue weighted by Crippen LogP contribution is -2.52. The first-order valence-electron chi connectivity index (χ1n) is 10.0. The van der Waals surface area contributed by atoms with Crippen molar-refractivity contribution in [1.82, 2.24) is 25.0 Å². The molecule has 3 heterocycles. The molecule has 7 nitrogen and oxygen atoms in total. The van der Waals surface area contributed by atoms with Gasteiger partial charge in [-0.25, -0.2) is 9.38 Å². The van der Waals surface area contributed by atoms with Crippen molar-refractivity contribution in [3.8, 4) is 0 Å². The number of piperazine rings is 1. The molecule has 0 atom stereocenters. The molecule has 1 fully saturated rings. The average Bonchev–Trinajstić information content (AvgIpc) is 3.40. The predicted molar refractivity (Wildman–Crippen MR) is 134 cm³/mol. The number of rotatable bonds is 5. The predicted octanol–water partition coefficient (Wildman–Crippen LogP) is 3.41. The fraction of sp³-hybridized carbons (Fsp3) is 0.381. The van der Waals surface area contributed by atoms with Gasteiger partial charge in [0.15, 0.2) is 11.8 Å². The zero-order valence-corrected chi connectivity index (χ0v) is 20.8. The number of hydrogen-bond acceptors (Lipinski definition) is 5. The Morgan fingerprint density at radius 2 is 1.90 bits per heavy atom. The average molecular weight is 555 g/mol. The van der Waals surface area contributed by atoms with E-state index in [1.165, 1.54) is 10.9 Å². The zero-order valence-electron chi connectivity index (χ0n) is 17.7. The van der Waals surface area contributed by atoms with Crippen molar-refractivity contribution in [2.45, 2.75) is 20.0 Å². The summed E-state index contributed by atoms with van der Waals surface area (Å²) in [6.45, 7) is 6.12. The zero-order chi connectivity index (χ0) is 20.9. The highest BCUT2D eigenvalue weighted by Crippen LogP contribution is 2.20. The van der Waals surface area contributed by atoms with Crippen LogP contribution in [-0.4, -0.2) is 51.8 Å². The van der Waals surface area contributed by atoms with E-state index in [9.17, 15) is 4.39 Å². The molecule has 0 saturated carbocycles. The van der Waals surface area contributed by atoms with Crippen molar-refractivity contribution < 1.29 is 4.39 Å². The van der Waals surface area contributed by atoms with E-state index in [0.29, 0.717) is 12.2 Å². The first-order chi connectivity index (χ1) is 14.6. The number of halogens is 2. The van der Waals surface area contributed by atoms with Crippen LogP contribution in [0.2, 0.25) is 0 Å². The Labute approximate surface area is 203 Å². The molecule has 1 aliphatic heterocycles. The van der Waals surface area contributed by atoms with Crippen LogP contribution in [0.3, 0.4) is 0 Å². The summed E-state index contributed by atoms with van der Waals surface area (Å²) >= 11 is 1.72. The molecular formula is C21H27FIN7S. The van der Waals surface area contributed by atoms with E-state index in [1.807, 2.05) is 36.7 Å². The maximum absolute atomic E-state index is 14.2. The number of nitrogens with one attached hydrogen (secondary N) is 1. The summed E-state index contributed by atoms with van der Waals surface area (Å²) in [5, 5.41) is 13.9. The number of guanidine groups is 1. The fourth-order valence-electron chi connectivity index (χ4n) is 3.45. The van der Waals surface area contributed by atoms with E-state index in [2.05, 4.69) is 36.8 Å². The summed E-state index contributed by atoms with van der Waals surface area (Å²) in [5.41, 5.74) is 0.664. The van der Waals surface area contributed by atoms with Crippen LogP contribution in [-0.2, 0) is 20.1 Å². The van der Waals surface area contributed by atoms with Gasteiger partial charge in [0, 0.05) is 38.1 Å². The van der Waals surface area contributed by atoms with Crippen molar-refractivity contribution in [3.63, 3.8) is 0 Å². The van der Waals surface area contributed by atoms with Gasteiger partial charge in [-0.1, -0.05) is 18.2 Å². The van der Waals surface area contributed by atoms with E-state index >= 15 is 0 Å². The summed E-state index contributed by atoms with van der Waals surface area (Å²) in [7, 11) is 1.95. The molecule has 31 heavy (non-hydrogen) atoms. The molecule has 1 aromatic carbocycles. The molecule has 1 aliphatic rings. The van der Waals surface area contributed by atoms with Crippen LogP contribution in [0.15, 0.2) is 46.8 Å². The van der Waals surface area contributed by atoms with Gasteiger partial charge in [-0.15, -0.1) is 45.5 Å². The maximum Gasteiger partial charge on any atom is 0.194 e. The number of aliphatic imine (C=N–C) groups is 1. The largest absolute Gasteiger partial charge is 0.366 e. The maximum atomic E-state index is 14.2. The Balaban J connectivity index is 0.00000272. The summed E-state index contributed by atoms with van der Waals surface area (Å²) in [6.07, 6.45) is 0. The lowest BCUT2D eigenvalue weighted by atomic mass is 10.2. The van der Waals surface area contributed by atoms with Crippen molar-refractivity contribution in [2.75, 3.05) is 31.1 Å². The number of nitrogens with zero attached hydrogens (tertiary/aromatic N) is 6. The van der Waals surface area contributed by atoms with Gasteiger partial charge in [-0.2, -0.15) is 0 Å². The standard InChI is InChI=1S/C21H26FN7S.HI/c1-16-25-26-20(27(16)2)15-24-21(23-14-17-6-5-13-30-17)29-11-9-28(10-12-29)19-8-4-3-7-18(19)22;/h3-8,13H,9-12,14-15H2,1-2H3,(H,23,24);1H. The van der Waals surface area contributed by atoms with Gasteiger partial charge in [0.25, 0.3) is 0 Å². The molecular weight excluding hydrogens is 528 g/mol. The first kappa shape index (κ1) is 23.5. The number of para-hydroxylation sites is 1. The third-order valence-electron chi connectivity index (χ3n) is 5.33. The summed E-state index contributed by atoms with van der Waals surface area (Å²) in [5.74, 6) is 2.37. The van der Waals surface area contributed by atoms with Crippen LogP contribution in [0.4, 0.5) is 10.1 Å². The monoisotopic (exact) mass is 555 g/mol. The highest BCUT2D eigenvalue weighted by molar-refractivity contribution is 14.0. The van der Waals surface area contributed by atoms with Crippen molar-refractivity contribution >= 4 is 47.0 Å². The molecule has 4 rings (SSSR count). The quantitative estimate of drug-likeness (QED) is 0.297. The number of hydrogen-bond donors (Lipinski definition) is 1. The number of aryl methyl sites for hydroxylation is 1. The molecule has 166 valence electrons. The van der Waals surface area contributed by atoms with Crippen LogP contribution in [0, 0.1) is 12.7 Å². The fourth-order valence-corrected chi connectivity index (χ4v) is 4.09. The number of aromatic nitrogens is 3. The molecule has 0 aliphatic carbocycles. The van der Waals surface area contributed by atoms with Crippen LogP contribution in [0.5, 0.6) is 0 Å². The van der Waals surface area contributed by atoms with Crippen molar-refractivity contribution in [3.05, 3.63) is 64.1 Å². The topological polar surface area (TPSA) is 61.6 Å². The summed E-state index contributed by atoms with van der Waals surface area (Å²) in [6, 6.07) is 11.1. The second-order valence-electron chi connectivity index (χ2n) is 7.22. The molecule has 0 bridgehead atoms. The molecule has 1 saturated heterocycles. The van der Waals surface area contributed by atoms with E-state index in [1.54, 1.807) is 17.4 Å². The number of thiophene rings is 1. The SMILES string of the molecule is Cc1nnc(CN=C(NCc2cccs2)N2CCN(c3ccccc3F)CC2)n1C.I. The van der Waals surface area contributed by atoms with Gasteiger partial charge in [0.2, 0.25) is 0 Å². The van der Waals surface area contributed by atoms with E-state index < -0.39 is 0 Å². The first-order valence-corrected chi connectivity index (χ1v) is 10.9. The van der Waals surface area contributed by atoms with Crippen molar-refractivity contribution in [2.24, 2.45) is 12.0 Å². The van der Waals surface area contributed by atoms with Crippen LogP contribution < -0.4 is 10.2 Å². The van der Waals surface area contributed by atoms with Gasteiger partial charge < -0.3 is 19.7 Å². The van der Waals surface area contributed by atoms with Crippen LogP contribution >= 0.6 is 35.3 Å². The third-order valence-corrected chi connectivity index (χ3v) is 6.20. The molecule has 0 unspecified atom stereocenters. The minimum atomic E-state index is -0.173. The second kappa shape index (κ2) is 10.9. The summed E-state index contributed by atoms with van der Waals surface area (Å²) < 4.78 is 16.1. The number of anilines is 1. The van der Waals surface area contributed by atoms with Crippen LogP contribution in [0.25, 0.3) is 0 Å². The Bertz CT molecular complexity index is 997. The lowest BCUT2D eigenvalue weighted by Gasteiger charge is -2.37. The molecule has 10 heteroatoms. The highest BCUT2D eigenvalue weighted by atomic mass is 127. The van der Waals surface area contributed by atoms with E-state index in [-0.39, 0.29) is 29.8 Å². The van der Waals surface area contributed by atoms with Gasteiger partial charge in [-0.05, 0) is 30.5 Å². The minimum absolute atomic E-state index is 0. The van der Waals surface area contributed by atoms with E-state index in [4.69, 9.17) is 4.99 Å². The second-order valence-corrected chi connectivity index (χ2v) is 8.25. The van der Waals surface area contributed by atoms with Gasteiger partial charge in [0.1, 0.15) is 18.2 Å². The smallest absolute Gasteiger partial charge is 0.194 e. The molecule has 2 aromatic heterocycles. The molecule has 3 aromatic rings. The minimum Gasteiger partial charge on any atom is -0.366 e. The van der Waals surface area contributed by atoms with E-state index in [0.717, 1.165) is 50.3 Å². The molecule has 0 radical (unpaired) electrons. The van der Waals surface area contributed by atoms with Gasteiger partial charge >= 0.3 is 0 Å². The highest BCUT2D eigenvalue weighted by Gasteiger charge is 2.22. The molecule has 0 spiro atoms. The molecule has 1 N–H and O–H groups in total. The van der Waals surface area contributed by atoms with Gasteiger partial charge in [0.05, 0.1) is 12.2 Å². The van der Waals surface area contributed by atoms with Crippen molar-refractivity contribution in [1.29, 1.82) is 0 Å². The van der Waals surface area contributed by atoms with Gasteiger partial charge in [-0.3, -0.25) is 0 Å². The Kier molecular flexibility index (Phi) is 8.24. The lowest BCUT2D eigenvalue weighted by molar-refractivity contribution is 0.369.